The fraction of sp³-hybridized carbons (Fsp3) is 0.308. The molecule has 1 aliphatic heterocycles. The predicted octanol–water partition coefficient (Wildman–Crippen LogP) is 3.44. The Morgan fingerprint density at radius 3 is 2.66 bits per heavy atom. The molecule has 198 valence electrons. The molecule has 0 saturated carbocycles. The quantitative estimate of drug-likeness (QED) is 0.463. The largest absolute Gasteiger partial charge is 0.416 e. The number of alkyl halides is 3. The van der Waals surface area contributed by atoms with Gasteiger partial charge in [0.15, 0.2) is 5.01 Å². The van der Waals surface area contributed by atoms with Crippen molar-refractivity contribution in [1.82, 2.24) is 19.8 Å². The molecule has 2 aromatic heterocycles. The first-order valence-corrected chi connectivity index (χ1v) is 12.4. The topological polar surface area (TPSA) is 104 Å². The Bertz CT molecular complexity index is 1410. The van der Waals surface area contributed by atoms with Crippen molar-refractivity contribution in [2.45, 2.75) is 25.2 Å². The lowest BCUT2D eigenvalue weighted by Crippen LogP contribution is -2.31. The molecule has 1 aromatic carbocycles. The number of anilines is 1. The molecule has 2 amide bonds. The van der Waals surface area contributed by atoms with E-state index in [2.05, 4.69) is 32.0 Å². The summed E-state index contributed by atoms with van der Waals surface area (Å²) in [5.74, 6) is 4.31. The highest BCUT2D eigenvalue weighted by atomic mass is 32.1. The molecule has 3 aromatic rings. The van der Waals surface area contributed by atoms with E-state index < -0.39 is 23.6 Å². The van der Waals surface area contributed by atoms with Crippen molar-refractivity contribution in [2.24, 2.45) is 5.73 Å². The summed E-state index contributed by atoms with van der Waals surface area (Å²) in [7, 11) is 3.93. The van der Waals surface area contributed by atoms with Gasteiger partial charge in [0.1, 0.15) is 5.69 Å². The first kappa shape index (κ1) is 27.3. The maximum atomic E-state index is 13.9. The van der Waals surface area contributed by atoms with E-state index in [0.29, 0.717) is 17.5 Å². The summed E-state index contributed by atoms with van der Waals surface area (Å²) in [4.78, 5) is 36.5. The molecule has 0 bridgehead atoms. The van der Waals surface area contributed by atoms with Gasteiger partial charge in [-0.2, -0.15) is 13.2 Å². The zero-order valence-corrected chi connectivity index (χ0v) is 21.5. The van der Waals surface area contributed by atoms with Gasteiger partial charge in [-0.15, -0.1) is 11.3 Å². The average molecular weight is 543 g/mol. The van der Waals surface area contributed by atoms with Crippen LogP contribution in [0.5, 0.6) is 0 Å². The third-order valence-corrected chi connectivity index (χ3v) is 7.02. The number of rotatable bonds is 6. The van der Waals surface area contributed by atoms with E-state index in [0.717, 1.165) is 30.4 Å². The number of likely N-dealkylation sites (tertiary alicyclic amines) is 1. The molecule has 0 aliphatic carbocycles. The Balaban J connectivity index is 1.48. The van der Waals surface area contributed by atoms with E-state index in [9.17, 15) is 22.8 Å². The second kappa shape index (κ2) is 11.3. The molecule has 4 rings (SSSR count). The number of carbonyl (C=O) groups excluding carboxylic acids is 2. The highest BCUT2D eigenvalue weighted by Crippen LogP contribution is 2.35. The molecule has 38 heavy (non-hydrogen) atoms. The molecule has 0 radical (unpaired) electrons. The lowest BCUT2D eigenvalue weighted by Gasteiger charge is -2.22. The van der Waals surface area contributed by atoms with Crippen molar-refractivity contribution < 1.29 is 22.8 Å². The molecule has 8 nitrogen and oxygen atoms in total. The number of aromatic nitrogens is 2. The smallest absolute Gasteiger partial charge is 0.364 e. The molecule has 0 spiro atoms. The molecule has 0 unspecified atom stereocenters. The summed E-state index contributed by atoms with van der Waals surface area (Å²) in [5, 5.41) is 2.66. The molecule has 1 atom stereocenters. The molecule has 1 fully saturated rings. The summed E-state index contributed by atoms with van der Waals surface area (Å²) in [5.41, 5.74) is 5.05. The standard InChI is InChI=1S/C26H25F3N6O2S/c1-34(2)20-8-10-35(15-20)14-17-3-4-19(12-22(17)26(27,28)29)33-24(37)16-7-9-31-18(11-16)5-6-21-13-32-25(38-21)23(30)36/h3-4,7,9,11-13,20H,8,10,14-15H2,1-2H3,(H2,30,36)(H,33,37)/t20-/m1/s1. The van der Waals surface area contributed by atoms with Gasteiger partial charge in [0.25, 0.3) is 11.8 Å². The van der Waals surface area contributed by atoms with Crippen LogP contribution in [0.2, 0.25) is 0 Å². The zero-order valence-electron chi connectivity index (χ0n) is 20.7. The minimum Gasteiger partial charge on any atom is -0.364 e. The summed E-state index contributed by atoms with van der Waals surface area (Å²) < 4.78 is 41.7. The molecule has 1 saturated heterocycles. The van der Waals surface area contributed by atoms with Crippen LogP contribution < -0.4 is 11.1 Å². The monoisotopic (exact) mass is 542 g/mol. The van der Waals surface area contributed by atoms with Crippen LogP contribution in [-0.2, 0) is 12.7 Å². The second-order valence-corrected chi connectivity index (χ2v) is 10.1. The van der Waals surface area contributed by atoms with Crippen molar-refractivity contribution in [3.8, 4) is 11.8 Å². The third kappa shape index (κ3) is 6.74. The Labute approximate surface area is 221 Å². The first-order chi connectivity index (χ1) is 18.0. The number of halogens is 3. The number of nitrogens with two attached hydrogens (primary N) is 1. The van der Waals surface area contributed by atoms with Gasteiger partial charge in [-0.1, -0.05) is 6.07 Å². The average Bonchev–Trinajstić information content (AvgIpc) is 3.53. The maximum Gasteiger partial charge on any atom is 0.416 e. The predicted molar refractivity (Wildman–Crippen MR) is 138 cm³/mol. The summed E-state index contributed by atoms with van der Waals surface area (Å²) in [6, 6.07) is 7.03. The molecule has 3 N–H and O–H groups in total. The number of likely N-dealkylation sites (N-methyl/N-ethyl adjacent to an activating group) is 1. The highest BCUT2D eigenvalue weighted by Gasteiger charge is 2.35. The van der Waals surface area contributed by atoms with Gasteiger partial charge in [0, 0.05) is 43.1 Å². The highest BCUT2D eigenvalue weighted by molar-refractivity contribution is 7.14. The third-order valence-electron chi connectivity index (χ3n) is 6.10. The minimum atomic E-state index is -4.57. The van der Waals surface area contributed by atoms with Crippen LogP contribution in [-0.4, -0.2) is 64.8 Å². The van der Waals surface area contributed by atoms with Crippen LogP contribution in [0.3, 0.4) is 0 Å². The number of hydrogen-bond acceptors (Lipinski definition) is 7. The van der Waals surface area contributed by atoms with Gasteiger partial charge in [0.2, 0.25) is 0 Å². The Hall–Kier alpha value is -3.79. The number of amides is 2. The van der Waals surface area contributed by atoms with Crippen molar-refractivity contribution in [1.29, 1.82) is 0 Å². The van der Waals surface area contributed by atoms with E-state index in [-0.39, 0.29) is 34.1 Å². The van der Waals surface area contributed by atoms with E-state index >= 15 is 0 Å². The number of nitrogens with zero attached hydrogens (tertiary/aromatic N) is 4. The normalized spacial score (nSPS) is 15.8. The zero-order chi connectivity index (χ0) is 27.4. The Morgan fingerprint density at radius 1 is 1.21 bits per heavy atom. The van der Waals surface area contributed by atoms with Gasteiger partial charge < -0.3 is 16.0 Å². The number of pyridine rings is 1. The van der Waals surface area contributed by atoms with Gasteiger partial charge in [-0.25, -0.2) is 9.97 Å². The van der Waals surface area contributed by atoms with Crippen LogP contribution in [0.4, 0.5) is 18.9 Å². The number of primary amides is 1. The van der Waals surface area contributed by atoms with Crippen molar-refractivity contribution in [3.05, 3.63) is 75.0 Å². The van der Waals surface area contributed by atoms with Crippen molar-refractivity contribution >= 4 is 28.8 Å². The van der Waals surface area contributed by atoms with Crippen molar-refractivity contribution in [2.75, 3.05) is 32.5 Å². The van der Waals surface area contributed by atoms with Gasteiger partial charge in [-0.3, -0.25) is 14.5 Å². The van der Waals surface area contributed by atoms with Crippen LogP contribution in [0, 0.1) is 11.8 Å². The minimum absolute atomic E-state index is 0.0340. The van der Waals surface area contributed by atoms with E-state index in [1.54, 1.807) is 0 Å². The molecule has 3 heterocycles. The molecule has 12 heteroatoms. The van der Waals surface area contributed by atoms with E-state index in [1.165, 1.54) is 36.7 Å². The molecular formula is C26H25F3N6O2S. The molecule has 1 aliphatic rings. The fourth-order valence-electron chi connectivity index (χ4n) is 4.09. The first-order valence-electron chi connectivity index (χ1n) is 11.6. The van der Waals surface area contributed by atoms with Gasteiger partial charge >= 0.3 is 6.18 Å². The van der Waals surface area contributed by atoms with Crippen LogP contribution in [0.25, 0.3) is 0 Å². The summed E-state index contributed by atoms with van der Waals surface area (Å²) in [6.45, 7) is 1.60. The maximum absolute atomic E-state index is 13.9. The number of hydrogen-bond donors (Lipinski definition) is 2. The number of carbonyl (C=O) groups is 2. The summed E-state index contributed by atoms with van der Waals surface area (Å²) >= 11 is 1.02. The van der Waals surface area contributed by atoms with Crippen LogP contribution >= 0.6 is 11.3 Å². The molecular weight excluding hydrogens is 517 g/mol. The number of nitrogens with one attached hydrogen (secondary N) is 1. The van der Waals surface area contributed by atoms with Crippen molar-refractivity contribution in [3.63, 3.8) is 0 Å². The van der Waals surface area contributed by atoms with Gasteiger partial charge in [-0.05, 0) is 62.2 Å². The lowest BCUT2D eigenvalue weighted by atomic mass is 10.0. The second-order valence-electron chi connectivity index (χ2n) is 9.04. The SMILES string of the molecule is CN(C)[C@@H]1CCN(Cc2ccc(NC(=O)c3ccnc(C#Cc4cnc(C(N)=O)s4)c3)cc2C(F)(F)F)C1. The fourth-order valence-corrected chi connectivity index (χ4v) is 4.71. The van der Waals surface area contributed by atoms with E-state index in [4.69, 9.17) is 5.73 Å². The summed E-state index contributed by atoms with van der Waals surface area (Å²) in [6.07, 6.45) is -0.886. The van der Waals surface area contributed by atoms with Crippen LogP contribution in [0.15, 0.2) is 42.7 Å². The Morgan fingerprint density at radius 2 is 2.00 bits per heavy atom. The van der Waals surface area contributed by atoms with E-state index in [1.807, 2.05) is 19.0 Å². The lowest BCUT2D eigenvalue weighted by molar-refractivity contribution is -0.138. The number of thiazole rings is 1. The van der Waals surface area contributed by atoms with Gasteiger partial charge in [0.05, 0.1) is 16.6 Å². The number of benzene rings is 1. The van der Waals surface area contributed by atoms with Crippen LogP contribution in [0.1, 0.15) is 48.3 Å². The Kier molecular flexibility index (Phi) is 8.11.